The Morgan fingerprint density at radius 3 is 2.11 bits per heavy atom. The van der Waals surface area contributed by atoms with E-state index in [-0.39, 0.29) is 12.1 Å². The average Bonchev–Trinajstić information content (AvgIpc) is 2.36. The quantitative estimate of drug-likeness (QED) is 0.891. The van der Waals surface area contributed by atoms with Crippen molar-refractivity contribution in [3.05, 3.63) is 29.8 Å². The van der Waals surface area contributed by atoms with Gasteiger partial charge in [-0.05, 0) is 38.0 Å². The maximum atomic E-state index is 12.3. The van der Waals surface area contributed by atoms with Crippen LogP contribution in [0.1, 0.15) is 38.8 Å². The standard InChI is InChI=1S/C13H22N2O2S/c1-5-10(2)15(4)18(16,17)13-8-6-12(7-9-13)11(3)14/h6-11H,5,14H2,1-4H3. The molecule has 2 atom stereocenters. The summed E-state index contributed by atoms with van der Waals surface area (Å²) in [5, 5.41) is 0. The van der Waals surface area contributed by atoms with E-state index >= 15 is 0 Å². The molecule has 102 valence electrons. The van der Waals surface area contributed by atoms with E-state index in [4.69, 9.17) is 5.73 Å². The van der Waals surface area contributed by atoms with Crippen molar-refractivity contribution in [2.75, 3.05) is 7.05 Å². The zero-order valence-corrected chi connectivity index (χ0v) is 12.2. The van der Waals surface area contributed by atoms with Crippen LogP contribution in [0.2, 0.25) is 0 Å². The van der Waals surface area contributed by atoms with Crippen LogP contribution in [0.4, 0.5) is 0 Å². The number of benzene rings is 1. The first-order valence-electron chi connectivity index (χ1n) is 6.14. The molecule has 0 saturated carbocycles. The van der Waals surface area contributed by atoms with Gasteiger partial charge in [0.1, 0.15) is 0 Å². The van der Waals surface area contributed by atoms with Gasteiger partial charge in [-0.15, -0.1) is 0 Å². The van der Waals surface area contributed by atoms with Crippen LogP contribution in [0.25, 0.3) is 0 Å². The van der Waals surface area contributed by atoms with Gasteiger partial charge in [-0.3, -0.25) is 0 Å². The minimum absolute atomic E-state index is 0.0110. The van der Waals surface area contributed by atoms with Crippen molar-refractivity contribution < 1.29 is 8.42 Å². The Labute approximate surface area is 110 Å². The molecule has 0 fully saturated rings. The van der Waals surface area contributed by atoms with Gasteiger partial charge in [-0.2, -0.15) is 4.31 Å². The first-order valence-corrected chi connectivity index (χ1v) is 7.58. The molecular formula is C13H22N2O2S. The summed E-state index contributed by atoms with van der Waals surface area (Å²) in [5.74, 6) is 0. The van der Waals surface area contributed by atoms with Crippen molar-refractivity contribution in [1.82, 2.24) is 4.31 Å². The Balaban J connectivity index is 3.06. The maximum absolute atomic E-state index is 12.3. The predicted octanol–water partition coefficient (Wildman–Crippen LogP) is 2.13. The van der Waals surface area contributed by atoms with E-state index in [1.165, 1.54) is 4.31 Å². The largest absolute Gasteiger partial charge is 0.324 e. The Kier molecular flexibility index (Phi) is 4.90. The number of nitrogens with zero attached hydrogens (tertiary/aromatic N) is 1. The summed E-state index contributed by atoms with van der Waals surface area (Å²) in [6.45, 7) is 5.73. The summed E-state index contributed by atoms with van der Waals surface area (Å²) in [7, 11) is -1.79. The fourth-order valence-corrected chi connectivity index (χ4v) is 3.04. The summed E-state index contributed by atoms with van der Waals surface area (Å²) in [6, 6.07) is 6.67. The van der Waals surface area contributed by atoms with E-state index in [0.29, 0.717) is 4.90 Å². The van der Waals surface area contributed by atoms with Crippen molar-refractivity contribution in [1.29, 1.82) is 0 Å². The van der Waals surface area contributed by atoms with Gasteiger partial charge in [0.25, 0.3) is 0 Å². The van der Waals surface area contributed by atoms with Crippen molar-refractivity contribution in [3.8, 4) is 0 Å². The minimum Gasteiger partial charge on any atom is -0.324 e. The first kappa shape index (κ1) is 15.1. The Morgan fingerprint density at radius 1 is 1.22 bits per heavy atom. The zero-order valence-electron chi connectivity index (χ0n) is 11.4. The molecule has 0 spiro atoms. The van der Waals surface area contributed by atoms with E-state index in [2.05, 4.69) is 0 Å². The summed E-state index contributed by atoms with van der Waals surface area (Å²) in [6.07, 6.45) is 0.785. The highest BCUT2D eigenvalue weighted by atomic mass is 32.2. The van der Waals surface area contributed by atoms with Crippen LogP contribution >= 0.6 is 0 Å². The molecule has 2 unspecified atom stereocenters. The van der Waals surface area contributed by atoms with E-state index in [0.717, 1.165) is 12.0 Å². The fraction of sp³-hybridized carbons (Fsp3) is 0.538. The molecule has 4 nitrogen and oxygen atoms in total. The molecule has 0 radical (unpaired) electrons. The van der Waals surface area contributed by atoms with Crippen LogP contribution in [-0.2, 0) is 10.0 Å². The van der Waals surface area contributed by atoms with Crippen molar-refractivity contribution in [3.63, 3.8) is 0 Å². The van der Waals surface area contributed by atoms with Crippen molar-refractivity contribution >= 4 is 10.0 Å². The number of sulfonamides is 1. The molecule has 0 aliphatic rings. The van der Waals surface area contributed by atoms with E-state index in [1.54, 1.807) is 31.3 Å². The minimum atomic E-state index is -3.40. The first-order chi connectivity index (χ1) is 8.30. The number of nitrogens with two attached hydrogens (primary N) is 1. The fourth-order valence-electron chi connectivity index (χ4n) is 1.60. The van der Waals surface area contributed by atoms with Crippen molar-refractivity contribution in [2.45, 2.75) is 44.2 Å². The molecule has 5 heteroatoms. The van der Waals surface area contributed by atoms with E-state index in [1.807, 2.05) is 20.8 Å². The van der Waals surface area contributed by atoms with Crippen molar-refractivity contribution in [2.24, 2.45) is 5.73 Å². The van der Waals surface area contributed by atoms with Gasteiger partial charge in [0.05, 0.1) is 4.90 Å². The SMILES string of the molecule is CCC(C)N(C)S(=O)(=O)c1ccc(C(C)N)cc1. The highest BCUT2D eigenvalue weighted by molar-refractivity contribution is 7.89. The van der Waals surface area contributed by atoms with Gasteiger partial charge >= 0.3 is 0 Å². The summed E-state index contributed by atoms with van der Waals surface area (Å²) in [5.41, 5.74) is 6.67. The molecule has 1 aromatic rings. The molecule has 0 aliphatic carbocycles. The molecule has 1 aromatic carbocycles. The molecule has 2 N–H and O–H groups in total. The van der Waals surface area contributed by atoms with Crippen LogP contribution in [-0.4, -0.2) is 25.8 Å². The van der Waals surface area contributed by atoms with Crippen LogP contribution in [0.15, 0.2) is 29.2 Å². The third-order valence-corrected chi connectivity index (χ3v) is 5.28. The van der Waals surface area contributed by atoms with Gasteiger partial charge in [0.15, 0.2) is 0 Å². The molecule has 1 rings (SSSR count). The predicted molar refractivity (Wildman–Crippen MR) is 73.7 cm³/mol. The maximum Gasteiger partial charge on any atom is 0.243 e. The zero-order chi connectivity index (χ0) is 13.9. The molecule has 0 aromatic heterocycles. The normalized spacial score (nSPS) is 15.7. The smallest absolute Gasteiger partial charge is 0.243 e. The van der Waals surface area contributed by atoms with Gasteiger partial charge < -0.3 is 5.73 Å². The van der Waals surface area contributed by atoms with Crippen LogP contribution in [0.5, 0.6) is 0 Å². The topological polar surface area (TPSA) is 63.4 Å². The highest BCUT2D eigenvalue weighted by Gasteiger charge is 2.24. The lowest BCUT2D eigenvalue weighted by atomic mass is 10.1. The highest BCUT2D eigenvalue weighted by Crippen LogP contribution is 2.19. The number of hydrogen-bond acceptors (Lipinski definition) is 3. The molecule has 0 aliphatic heterocycles. The summed E-state index contributed by atoms with van der Waals surface area (Å²) in [4.78, 5) is 0.315. The monoisotopic (exact) mass is 270 g/mol. The Hall–Kier alpha value is -0.910. The van der Waals surface area contributed by atoms with Gasteiger partial charge in [0, 0.05) is 19.1 Å². The van der Waals surface area contributed by atoms with Gasteiger partial charge in [-0.25, -0.2) is 8.42 Å². The Morgan fingerprint density at radius 2 is 1.72 bits per heavy atom. The number of hydrogen-bond donors (Lipinski definition) is 1. The van der Waals surface area contributed by atoms with Gasteiger partial charge in [0.2, 0.25) is 10.0 Å². The van der Waals surface area contributed by atoms with Crippen LogP contribution in [0, 0.1) is 0 Å². The van der Waals surface area contributed by atoms with Gasteiger partial charge in [-0.1, -0.05) is 19.1 Å². The summed E-state index contributed by atoms with van der Waals surface area (Å²) < 4.78 is 26.0. The number of rotatable bonds is 5. The summed E-state index contributed by atoms with van der Waals surface area (Å²) >= 11 is 0. The molecule has 0 heterocycles. The Bertz CT molecular complexity index is 480. The second-order valence-electron chi connectivity index (χ2n) is 4.64. The second-order valence-corrected chi connectivity index (χ2v) is 6.63. The molecular weight excluding hydrogens is 248 g/mol. The molecule has 0 saturated heterocycles. The molecule has 18 heavy (non-hydrogen) atoms. The van der Waals surface area contributed by atoms with E-state index in [9.17, 15) is 8.42 Å². The average molecular weight is 270 g/mol. The lowest BCUT2D eigenvalue weighted by Gasteiger charge is -2.23. The van der Waals surface area contributed by atoms with Crippen LogP contribution < -0.4 is 5.73 Å². The lowest BCUT2D eigenvalue weighted by molar-refractivity contribution is 0.380. The lowest BCUT2D eigenvalue weighted by Crippen LogP contribution is -2.34. The third-order valence-electron chi connectivity index (χ3n) is 3.29. The molecule has 0 amide bonds. The second kappa shape index (κ2) is 5.82. The van der Waals surface area contributed by atoms with Crippen LogP contribution in [0.3, 0.4) is 0 Å². The van der Waals surface area contributed by atoms with E-state index < -0.39 is 10.0 Å². The third kappa shape index (κ3) is 3.10. The molecule has 0 bridgehead atoms.